The van der Waals surface area contributed by atoms with Crippen LogP contribution in [0.4, 0.5) is 0 Å². The number of rotatable bonds is 3. The highest BCUT2D eigenvalue weighted by atomic mass is 16.5. The van der Waals surface area contributed by atoms with E-state index in [0.29, 0.717) is 11.5 Å². The average molecular weight is 220 g/mol. The summed E-state index contributed by atoms with van der Waals surface area (Å²) in [6.07, 6.45) is 3.02. The number of aromatic carboxylic acids is 1. The fourth-order valence-corrected chi connectivity index (χ4v) is 2.19. The highest BCUT2D eigenvalue weighted by Gasteiger charge is 2.17. The Labute approximate surface area is 95.0 Å². The first-order valence-corrected chi connectivity index (χ1v) is 5.66. The summed E-state index contributed by atoms with van der Waals surface area (Å²) in [7, 11) is 0. The first kappa shape index (κ1) is 11.1. The minimum Gasteiger partial charge on any atom is -0.478 e. The second kappa shape index (κ2) is 5.12. The van der Waals surface area contributed by atoms with Crippen LogP contribution in [0.25, 0.3) is 0 Å². The number of carboxylic acids is 1. The third kappa shape index (κ3) is 2.61. The van der Waals surface area contributed by atoms with Crippen molar-refractivity contribution in [1.82, 2.24) is 0 Å². The molecule has 0 aromatic heterocycles. The molecule has 1 unspecified atom stereocenters. The minimum atomic E-state index is -0.840. The number of benzene rings is 1. The molecule has 1 aliphatic heterocycles. The second-order valence-electron chi connectivity index (χ2n) is 4.25. The normalized spacial score (nSPS) is 20.6. The van der Waals surface area contributed by atoms with Gasteiger partial charge in [0, 0.05) is 13.2 Å². The highest BCUT2D eigenvalue weighted by Crippen LogP contribution is 2.21. The lowest BCUT2D eigenvalue weighted by molar-refractivity contribution is 0.0545. The predicted octanol–water partition coefficient (Wildman–Crippen LogP) is 2.35. The van der Waals surface area contributed by atoms with Gasteiger partial charge in [-0.15, -0.1) is 0 Å². The lowest BCUT2D eigenvalue weighted by Gasteiger charge is -2.22. The van der Waals surface area contributed by atoms with Gasteiger partial charge in [-0.05, 0) is 36.8 Å². The summed E-state index contributed by atoms with van der Waals surface area (Å²) in [5, 5.41) is 9.06. The van der Waals surface area contributed by atoms with E-state index >= 15 is 0 Å². The predicted molar refractivity (Wildman–Crippen MR) is 60.6 cm³/mol. The van der Waals surface area contributed by atoms with Crippen molar-refractivity contribution in [3.63, 3.8) is 0 Å². The van der Waals surface area contributed by atoms with Crippen LogP contribution >= 0.6 is 0 Å². The zero-order valence-corrected chi connectivity index (χ0v) is 9.19. The fraction of sp³-hybridized carbons (Fsp3) is 0.462. The Morgan fingerprint density at radius 2 is 2.25 bits per heavy atom. The van der Waals surface area contributed by atoms with Gasteiger partial charge in [-0.25, -0.2) is 4.79 Å². The van der Waals surface area contributed by atoms with Crippen LogP contribution < -0.4 is 0 Å². The van der Waals surface area contributed by atoms with Gasteiger partial charge in [0.15, 0.2) is 0 Å². The molecule has 86 valence electrons. The molecule has 0 bridgehead atoms. The SMILES string of the molecule is O=C(O)c1ccccc1CC1CCCOC1. The Morgan fingerprint density at radius 1 is 1.44 bits per heavy atom. The molecule has 1 heterocycles. The molecular formula is C13H16O3. The number of hydrogen-bond donors (Lipinski definition) is 1. The van der Waals surface area contributed by atoms with E-state index in [1.54, 1.807) is 12.1 Å². The third-order valence-electron chi connectivity index (χ3n) is 3.01. The summed E-state index contributed by atoms with van der Waals surface area (Å²) in [5.74, 6) is -0.374. The maximum absolute atomic E-state index is 11.0. The van der Waals surface area contributed by atoms with Crippen molar-refractivity contribution in [3.05, 3.63) is 35.4 Å². The molecule has 1 fully saturated rings. The molecule has 1 N–H and O–H groups in total. The van der Waals surface area contributed by atoms with E-state index in [2.05, 4.69) is 0 Å². The van der Waals surface area contributed by atoms with Gasteiger partial charge in [-0.2, -0.15) is 0 Å². The van der Waals surface area contributed by atoms with E-state index < -0.39 is 5.97 Å². The van der Waals surface area contributed by atoms with Gasteiger partial charge < -0.3 is 9.84 Å². The van der Waals surface area contributed by atoms with Crippen LogP contribution in [0, 0.1) is 5.92 Å². The lowest BCUT2D eigenvalue weighted by Crippen LogP contribution is -2.20. The van der Waals surface area contributed by atoms with Crippen LogP contribution in [-0.2, 0) is 11.2 Å². The zero-order valence-electron chi connectivity index (χ0n) is 9.19. The Morgan fingerprint density at radius 3 is 2.94 bits per heavy atom. The van der Waals surface area contributed by atoms with Crippen molar-refractivity contribution in [1.29, 1.82) is 0 Å². The van der Waals surface area contributed by atoms with Crippen molar-refractivity contribution in [2.24, 2.45) is 5.92 Å². The second-order valence-corrected chi connectivity index (χ2v) is 4.25. The monoisotopic (exact) mass is 220 g/mol. The van der Waals surface area contributed by atoms with Gasteiger partial charge in [-0.3, -0.25) is 0 Å². The first-order chi connectivity index (χ1) is 7.77. The average Bonchev–Trinajstić information content (AvgIpc) is 2.31. The number of ether oxygens (including phenoxy) is 1. The molecule has 0 amide bonds. The van der Waals surface area contributed by atoms with E-state index in [9.17, 15) is 4.79 Å². The quantitative estimate of drug-likeness (QED) is 0.850. The Balaban J connectivity index is 2.10. The molecule has 1 aliphatic rings. The summed E-state index contributed by atoms with van der Waals surface area (Å²) in [6.45, 7) is 1.60. The standard InChI is InChI=1S/C13H16O3/c14-13(15)12-6-2-1-5-11(12)8-10-4-3-7-16-9-10/h1-2,5-6,10H,3-4,7-9H2,(H,14,15). The van der Waals surface area contributed by atoms with Gasteiger partial charge in [-0.1, -0.05) is 18.2 Å². The van der Waals surface area contributed by atoms with Crippen molar-refractivity contribution in [3.8, 4) is 0 Å². The molecular weight excluding hydrogens is 204 g/mol. The highest BCUT2D eigenvalue weighted by molar-refractivity contribution is 5.89. The summed E-state index contributed by atoms with van der Waals surface area (Å²) in [6, 6.07) is 7.23. The summed E-state index contributed by atoms with van der Waals surface area (Å²) in [5.41, 5.74) is 1.35. The summed E-state index contributed by atoms with van der Waals surface area (Å²) >= 11 is 0. The van der Waals surface area contributed by atoms with E-state index in [-0.39, 0.29) is 0 Å². The molecule has 3 heteroatoms. The van der Waals surface area contributed by atoms with E-state index in [4.69, 9.17) is 9.84 Å². The molecule has 1 aromatic carbocycles. The lowest BCUT2D eigenvalue weighted by atomic mass is 9.92. The van der Waals surface area contributed by atoms with Crippen molar-refractivity contribution < 1.29 is 14.6 Å². The van der Waals surface area contributed by atoms with Crippen LogP contribution in [0.15, 0.2) is 24.3 Å². The van der Waals surface area contributed by atoms with Crippen molar-refractivity contribution in [2.45, 2.75) is 19.3 Å². The maximum atomic E-state index is 11.0. The molecule has 1 atom stereocenters. The van der Waals surface area contributed by atoms with E-state index in [0.717, 1.165) is 38.0 Å². The van der Waals surface area contributed by atoms with Crippen LogP contribution in [0.5, 0.6) is 0 Å². The minimum absolute atomic E-state index is 0.424. The van der Waals surface area contributed by atoms with Crippen molar-refractivity contribution in [2.75, 3.05) is 13.2 Å². The first-order valence-electron chi connectivity index (χ1n) is 5.66. The molecule has 1 saturated heterocycles. The van der Waals surface area contributed by atoms with Crippen LogP contribution in [0.2, 0.25) is 0 Å². The summed E-state index contributed by atoms with van der Waals surface area (Å²) < 4.78 is 5.41. The Bertz CT molecular complexity index is 367. The molecule has 1 aromatic rings. The molecule has 0 aliphatic carbocycles. The number of hydrogen-bond acceptors (Lipinski definition) is 2. The fourth-order valence-electron chi connectivity index (χ4n) is 2.19. The van der Waals surface area contributed by atoms with Crippen LogP contribution in [-0.4, -0.2) is 24.3 Å². The van der Waals surface area contributed by atoms with E-state index in [1.165, 1.54) is 0 Å². The van der Waals surface area contributed by atoms with Gasteiger partial charge in [0.25, 0.3) is 0 Å². The Hall–Kier alpha value is -1.35. The molecule has 0 saturated carbocycles. The Kier molecular flexibility index (Phi) is 3.57. The zero-order chi connectivity index (χ0) is 11.4. The van der Waals surface area contributed by atoms with Crippen LogP contribution in [0.3, 0.4) is 0 Å². The summed E-state index contributed by atoms with van der Waals surface area (Å²) in [4.78, 5) is 11.0. The molecule has 2 rings (SSSR count). The maximum Gasteiger partial charge on any atom is 0.335 e. The third-order valence-corrected chi connectivity index (χ3v) is 3.01. The van der Waals surface area contributed by atoms with Gasteiger partial charge in [0.05, 0.1) is 5.56 Å². The van der Waals surface area contributed by atoms with Crippen molar-refractivity contribution >= 4 is 5.97 Å². The number of carboxylic acid groups (broad SMARTS) is 1. The van der Waals surface area contributed by atoms with Gasteiger partial charge >= 0.3 is 5.97 Å². The smallest absolute Gasteiger partial charge is 0.335 e. The number of carbonyl (C=O) groups is 1. The molecule has 3 nitrogen and oxygen atoms in total. The van der Waals surface area contributed by atoms with Crippen LogP contribution in [0.1, 0.15) is 28.8 Å². The van der Waals surface area contributed by atoms with Gasteiger partial charge in [0.1, 0.15) is 0 Å². The molecule has 0 spiro atoms. The van der Waals surface area contributed by atoms with Gasteiger partial charge in [0.2, 0.25) is 0 Å². The topological polar surface area (TPSA) is 46.5 Å². The molecule has 16 heavy (non-hydrogen) atoms. The largest absolute Gasteiger partial charge is 0.478 e. The van der Waals surface area contributed by atoms with E-state index in [1.807, 2.05) is 12.1 Å². The molecule has 0 radical (unpaired) electrons.